The van der Waals surface area contributed by atoms with Gasteiger partial charge in [-0.05, 0) is 51.0 Å². The first-order valence-electron chi connectivity index (χ1n) is 9.58. The molecular weight excluding hydrogens is 421 g/mol. The van der Waals surface area contributed by atoms with E-state index in [9.17, 15) is 22.8 Å². The summed E-state index contributed by atoms with van der Waals surface area (Å²) in [4.78, 5) is 26.4. The minimum absolute atomic E-state index is 0.00483. The molecule has 1 aliphatic rings. The topological polar surface area (TPSA) is 67.2 Å². The van der Waals surface area contributed by atoms with Crippen LogP contribution in [0.3, 0.4) is 0 Å². The van der Waals surface area contributed by atoms with Crippen LogP contribution in [0.15, 0.2) is 30.5 Å². The molecular formula is C20H22ClF3N4O2. The monoisotopic (exact) mass is 442 g/mol. The normalized spacial score (nSPS) is 15.5. The summed E-state index contributed by atoms with van der Waals surface area (Å²) in [6.07, 6.45) is -3.04. The number of likely N-dealkylation sites (tertiary alicyclic amines) is 1. The van der Waals surface area contributed by atoms with Gasteiger partial charge in [-0.15, -0.1) is 0 Å². The number of piperidine rings is 1. The van der Waals surface area contributed by atoms with Gasteiger partial charge >= 0.3 is 6.18 Å². The second-order valence-electron chi connectivity index (χ2n) is 7.52. The number of alkyl halides is 3. The predicted octanol–water partition coefficient (Wildman–Crippen LogP) is 3.92. The van der Waals surface area contributed by atoms with Crippen molar-refractivity contribution in [2.75, 3.05) is 13.1 Å². The van der Waals surface area contributed by atoms with Crippen molar-refractivity contribution in [2.24, 2.45) is 5.92 Å². The van der Waals surface area contributed by atoms with Crippen LogP contribution < -0.4 is 5.32 Å². The summed E-state index contributed by atoms with van der Waals surface area (Å²) < 4.78 is 42.1. The number of aromatic nitrogens is 2. The van der Waals surface area contributed by atoms with Crippen LogP contribution in [0, 0.1) is 5.92 Å². The number of halogens is 4. The molecule has 2 amide bonds. The minimum Gasteiger partial charge on any atom is -0.354 e. The van der Waals surface area contributed by atoms with Crippen molar-refractivity contribution in [2.45, 2.75) is 38.9 Å². The minimum atomic E-state index is -4.78. The Hall–Kier alpha value is -2.55. The van der Waals surface area contributed by atoms with Gasteiger partial charge in [0.1, 0.15) is 0 Å². The van der Waals surface area contributed by atoms with Crippen LogP contribution in [-0.4, -0.2) is 45.6 Å². The summed E-state index contributed by atoms with van der Waals surface area (Å²) in [7, 11) is 0. The van der Waals surface area contributed by atoms with Crippen molar-refractivity contribution in [3.63, 3.8) is 0 Å². The molecule has 0 atom stereocenters. The molecule has 1 aliphatic heterocycles. The van der Waals surface area contributed by atoms with Crippen molar-refractivity contribution >= 4 is 23.4 Å². The molecule has 0 saturated carbocycles. The SMILES string of the molecule is CC(C)NC(=O)C1CCN(C(=O)c2cnn(-c3ccc(Cl)cc3)c2C(F)(F)F)CC1. The van der Waals surface area contributed by atoms with Gasteiger partial charge in [0, 0.05) is 30.1 Å². The third-order valence-electron chi connectivity index (χ3n) is 4.92. The van der Waals surface area contributed by atoms with Gasteiger partial charge in [-0.1, -0.05) is 11.6 Å². The maximum absolute atomic E-state index is 13.8. The van der Waals surface area contributed by atoms with Crippen LogP contribution in [0.4, 0.5) is 13.2 Å². The van der Waals surface area contributed by atoms with Crippen LogP contribution in [0.5, 0.6) is 0 Å². The van der Waals surface area contributed by atoms with E-state index >= 15 is 0 Å². The number of benzene rings is 1. The molecule has 6 nitrogen and oxygen atoms in total. The number of carbonyl (C=O) groups is 2. The fourth-order valence-corrected chi connectivity index (χ4v) is 3.60. The molecule has 1 fully saturated rings. The van der Waals surface area contributed by atoms with E-state index in [2.05, 4.69) is 10.4 Å². The molecule has 1 aromatic heterocycles. The molecule has 30 heavy (non-hydrogen) atoms. The number of hydrogen-bond acceptors (Lipinski definition) is 3. The van der Waals surface area contributed by atoms with Gasteiger partial charge in [-0.3, -0.25) is 9.59 Å². The highest BCUT2D eigenvalue weighted by atomic mass is 35.5. The van der Waals surface area contributed by atoms with Crippen molar-refractivity contribution in [3.8, 4) is 5.69 Å². The van der Waals surface area contributed by atoms with Gasteiger partial charge in [0.05, 0.1) is 17.4 Å². The number of nitrogens with one attached hydrogen (secondary N) is 1. The standard InChI is InChI=1S/C20H22ClF3N4O2/c1-12(2)26-18(29)13-7-9-27(10-8-13)19(30)16-11-25-28(17(16)20(22,23)24)15-5-3-14(21)4-6-15/h3-6,11-13H,7-10H2,1-2H3,(H,26,29). The van der Waals surface area contributed by atoms with Crippen LogP contribution in [-0.2, 0) is 11.0 Å². The third kappa shape index (κ3) is 4.77. The Morgan fingerprint density at radius 1 is 1.17 bits per heavy atom. The third-order valence-corrected chi connectivity index (χ3v) is 5.18. The van der Waals surface area contributed by atoms with Crippen molar-refractivity contribution < 1.29 is 22.8 Å². The van der Waals surface area contributed by atoms with E-state index < -0.39 is 23.3 Å². The fraction of sp³-hybridized carbons (Fsp3) is 0.450. The van der Waals surface area contributed by atoms with Crippen molar-refractivity contribution in [3.05, 3.63) is 46.7 Å². The zero-order valence-electron chi connectivity index (χ0n) is 16.5. The largest absolute Gasteiger partial charge is 0.434 e. The molecule has 3 rings (SSSR count). The van der Waals surface area contributed by atoms with Crippen molar-refractivity contribution in [1.82, 2.24) is 20.0 Å². The van der Waals surface area contributed by atoms with Crippen molar-refractivity contribution in [1.29, 1.82) is 0 Å². The summed E-state index contributed by atoms with van der Waals surface area (Å²) in [5.74, 6) is -1.09. The van der Waals surface area contributed by atoms with Crippen LogP contribution in [0.2, 0.25) is 5.02 Å². The Morgan fingerprint density at radius 2 is 1.77 bits per heavy atom. The van der Waals surface area contributed by atoms with Gasteiger partial charge < -0.3 is 10.2 Å². The molecule has 0 bridgehead atoms. The first-order chi connectivity index (χ1) is 14.1. The average molecular weight is 443 g/mol. The quantitative estimate of drug-likeness (QED) is 0.780. The van der Waals surface area contributed by atoms with E-state index in [4.69, 9.17) is 11.6 Å². The zero-order chi connectivity index (χ0) is 22.1. The second kappa shape index (κ2) is 8.67. The van der Waals surface area contributed by atoms with Gasteiger partial charge in [-0.2, -0.15) is 18.3 Å². The highest BCUT2D eigenvalue weighted by Crippen LogP contribution is 2.35. The molecule has 10 heteroatoms. The first kappa shape index (κ1) is 22.1. The smallest absolute Gasteiger partial charge is 0.354 e. The predicted molar refractivity (Wildman–Crippen MR) is 105 cm³/mol. The summed E-state index contributed by atoms with van der Waals surface area (Å²) in [5, 5.41) is 7.02. The lowest BCUT2D eigenvalue weighted by Crippen LogP contribution is -2.44. The number of carbonyl (C=O) groups excluding carboxylic acids is 2. The van der Waals surface area contributed by atoms with Crippen LogP contribution in [0.25, 0.3) is 5.69 Å². The first-order valence-corrected chi connectivity index (χ1v) is 9.96. The van der Waals surface area contributed by atoms with E-state index in [1.165, 1.54) is 29.2 Å². The van der Waals surface area contributed by atoms with Gasteiger partial charge in [0.15, 0.2) is 5.69 Å². The summed E-state index contributed by atoms with van der Waals surface area (Å²) in [5.41, 5.74) is -1.49. The number of amides is 2. The summed E-state index contributed by atoms with van der Waals surface area (Å²) in [6.45, 7) is 4.12. The molecule has 1 aromatic carbocycles. The lowest BCUT2D eigenvalue weighted by atomic mass is 9.95. The number of rotatable bonds is 4. The molecule has 0 spiro atoms. The molecule has 0 unspecified atom stereocenters. The summed E-state index contributed by atoms with van der Waals surface area (Å²) in [6, 6.07) is 5.71. The zero-order valence-corrected chi connectivity index (χ0v) is 17.3. The lowest BCUT2D eigenvalue weighted by molar-refractivity contribution is -0.143. The molecule has 0 aliphatic carbocycles. The Bertz CT molecular complexity index is 917. The fourth-order valence-electron chi connectivity index (χ4n) is 3.47. The lowest BCUT2D eigenvalue weighted by Gasteiger charge is -2.31. The van der Waals surface area contributed by atoms with Crippen LogP contribution in [0.1, 0.15) is 42.7 Å². The van der Waals surface area contributed by atoms with E-state index in [1.807, 2.05) is 13.8 Å². The number of hydrogen-bond donors (Lipinski definition) is 1. The second-order valence-corrected chi connectivity index (χ2v) is 7.96. The Balaban J connectivity index is 1.82. The van der Waals surface area contributed by atoms with E-state index in [1.54, 1.807) is 0 Å². The Kier molecular flexibility index (Phi) is 6.40. The van der Waals surface area contributed by atoms with Crippen LogP contribution >= 0.6 is 11.6 Å². The highest BCUT2D eigenvalue weighted by Gasteiger charge is 2.42. The van der Waals surface area contributed by atoms with E-state index in [-0.39, 0.29) is 36.6 Å². The molecule has 0 radical (unpaired) electrons. The summed E-state index contributed by atoms with van der Waals surface area (Å²) >= 11 is 5.81. The van der Waals surface area contributed by atoms with Gasteiger partial charge in [0.2, 0.25) is 5.91 Å². The van der Waals surface area contributed by atoms with Gasteiger partial charge in [-0.25, -0.2) is 4.68 Å². The average Bonchev–Trinajstić information content (AvgIpc) is 3.13. The highest BCUT2D eigenvalue weighted by molar-refractivity contribution is 6.30. The maximum Gasteiger partial charge on any atom is 0.434 e. The Labute approximate surface area is 177 Å². The van der Waals surface area contributed by atoms with Gasteiger partial charge in [0.25, 0.3) is 5.91 Å². The molecule has 1 N–H and O–H groups in total. The number of nitrogens with zero attached hydrogens (tertiary/aromatic N) is 3. The Morgan fingerprint density at radius 3 is 2.30 bits per heavy atom. The van der Waals surface area contributed by atoms with E-state index in [0.717, 1.165) is 6.20 Å². The maximum atomic E-state index is 13.8. The molecule has 1 saturated heterocycles. The van der Waals surface area contributed by atoms with E-state index in [0.29, 0.717) is 22.5 Å². The molecule has 2 aromatic rings. The molecule has 2 heterocycles. The molecule has 162 valence electrons.